The first-order valence-corrected chi connectivity index (χ1v) is 20.8. The number of amides is 2. The molecule has 1 unspecified atom stereocenters. The van der Waals surface area contributed by atoms with Crippen molar-refractivity contribution >= 4 is 31.6 Å². The van der Waals surface area contributed by atoms with Crippen molar-refractivity contribution in [2.75, 3.05) is 29.5 Å². The summed E-state index contributed by atoms with van der Waals surface area (Å²) in [5, 5.41) is 18.9. The van der Waals surface area contributed by atoms with Gasteiger partial charge in [-0.15, -0.1) is 5.10 Å². The molecule has 1 N–H and O–H groups in total. The number of ether oxygens (including phenoxy) is 1. The molecule has 3 aliphatic rings. The van der Waals surface area contributed by atoms with E-state index in [0.717, 1.165) is 29.8 Å². The quantitative estimate of drug-likeness (QED) is 0.0889. The van der Waals surface area contributed by atoms with Gasteiger partial charge in [0.25, 0.3) is 5.91 Å². The number of β-lactam (4-membered cyclic amide) rings is 1. The fourth-order valence-corrected chi connectivity index (χ4v) is 10.6. The van der Waals surface area contributed by atoms with Gasteiger partial charge in [0.2, 0.25) is 14.3 Å². The van der Waals surface area contributed by atoms with E-state index in [1.54, 1.807) is 27.6 Å². The van der Waals surface area contributed by atoms with Crippen LogP contribution in [-0.2, 0) is 26.5 Å². The number of aromatic nitrogens is 3. The molecule has 1 aromatic heterocycles. The Bertz CT molecular complexity index is 1780. The van der Waals surface area contributed by atoms with Crippen molar-refractivity contribution in [3.05, 3.63) is 94.8 Å². The predicted octanol–water partition coefficient (Wildman–Crippen LogP) is 7.04. The largest absolute Gasteiger partial charge is 0.395 e. The Labute approximate surface area is 296 Å². The molecule has 1 spiro atoms. The molecule has 4 heterocycles. The first-order chi connectivity index (χ1) is 23.8. The number of rotatable bonds is 13. The van der Waals surface area contributed by atoms with Crippen LogP contribution in [0.5, 0.6) is 0 Å². The van der Waals surface area contributed by atoms with Crippen molar-refractivity contribution in [2.45, 2.75) is 96.2 Å². The fourth-order valence-electron chi connectivity index (χ4n) is 8.08. The maximum absolute atomic E-state index is 16.5. The number of allylic oxidation sites excluding steroid dienone is 3. The summed E-state index contributed by atoms with van der Waals surface area (Å²) in [6.45, 7) is 13.0. The molecule has 0 radical (unpaired) electrons. The van der Waals surface area contributed by atoms with Gasteiger partial charge in [-0.1, -0.05) is 65.8 Å². The Kier molecular flexibility index (Phi) is 10.3. The highest BCUT2D eigenvalue weighted by atomic mass is 28.4. The maximum atomic E-state index is 16.5. The third-order valence-electron chi connectivity index (χ3n) is 10.8. The summed E-state index contributed by atoms with van der Waals surface area (Å²) in [7, 11) is -3.38. The lowest BCUT2D eigenvalue weighted by Gasteiger charge is -2.33. The number of nitrogens with zero attached hydrogens (tertiary/aromatic N) is 5. The Balaban J connectivity index is 1.30. The van der Waals surface area contributed by atoms with Gasteiger partial charge in [-0.2, -0.15) is 0 Å². The van der Waals surface area contributed by atoms with Crippen LogP contribution in [0.3, 0.4) is 0 Å². The lowest BCUT2D eigenvalue weighted by atomic mass is 9.82. The molecule has 0 saturated carbocycles. The molecular weight excluding hydrogens is 650 g/mol. The number of aliphatic hydroxyl groups is 1. The Morgan fingerprint density at radius 3 is 2.54 bits per heavy atom. The average molecular weight is 700 g/mol. The van der Waals surface area contributed by atoms with Gasteiger partial charge in [0, 0.05) is 55.0 Å². The fraction of sp³-hybridized carbons (Fsp3) is 0.487. The minimum Gasteiger partial charge on any atom is -0.395 e. The summed E-state index contributed by atoms with van der Waals surface area (Å²) in [6.07, 6.45) is 8.37. The average Bonchev–Trinajstić information content (AvgIpc) is 3.72. The smallest absolute Gasteiger partial charge is 0.264 e. The molecule has 3 aromatic rings. The summed E-state index contributed by atoms with van der Waals surface area (Å²) >= 11 is 0. The zero-order valence-corrected chi connectivity index (χ0v) is 31.1. The van der Waals surface area contributed by atoms with Gasteiger partial charge in [-0.3, -0.25) is 14.3 Å². The molecule has 2 amide bonds. The molecule has 9 nitrogen and oxygen atoms in total. The molecule has 2 fully saturated rings. The van der Waals surface area contributed by atoms with E-state index < -0.39 is 31.6 Å². The van der Waals surface area contributed by atoms with E-state index in [1.165, 1.54) is 11.1 Å². The second-order valence-corrected chi connectivity index (χ2v) is 18.7. The third-order valence-corrected chi connectivity index (χ3v) is 13.2. The number of hydrogen-bond donors (Lipinski definition) is 1. The second-order valence-electron chi connectivity index (χ2n) is 14.9. The number of aliphatic hydroxyl groups excluding tert-OH is 1. The first-order valence-electron chi connectivity index (χ1n) is 17.8. The molecule has 5 atom stereocenters. The van der Waals surface area contributed by atoms with E-state index in [9.17, 15) is 14.7 Å². The highest BCUT2D eigenvalue weighted by Crippen LogP contribution is 2.60. The van der Waals surface area contributed by atoms with E-state index in [2.05, 4.69) is 43.2 Å². The number of anilines is 2. The van der Waals surface area contributed by atoms with Gasteiger partial charge in [-0.05, 0) is 76.9 Å². The highest BCUT2D eigenvalue weighted by molar-refractivity contribution is 6.72. The topological polar surface area (TPSA) is 101 Å². The van der Waals surface area contributed by atoms with Gasteiger partial charge in [-0.25, -0.2) is 0 Å². The zero-order valence-electron chi connectivity index (χ0n) is 30.1. The number of hydrogen-bond acceptors (Lipinski definition) is 6. The first kappa shape index (κ1) is 35.9. The lowest BCUT2D eigenvalue weighted by molar-refractivity contribution is -0.145. The molecule has 0 bridgehead atoms. The van der Waals surface area contributed by atoms with E-state index in [-0.39, 0.29) is 24.3 Å². The number of benzene rings is 2. The monoisotopic (exact) mass is 699 g/mol. The lowest BCUT2D eigenvalue weighted by Crippen LogP contribution is -2.45. The van der Waals surface area contributed by atoms with Crippen LogP contribution < -0.4 is 9.80 Å². The summed E-state index contributed by atoms with van der Waals surface area (Å²) < 4.78 is 25.2. The SMILES string of the molecule is CC(C)=CCC/C(C)=C/CN1C(=O)[C@]2(O[C@H](CCn3cc(C(CO)c4ccccc4)nn3)[C@@H]([Si](C)(C)F)[C@@H]2C)c2cc(N3CCC3=O)ccc21. The molecule has 11 heteroatoms. The van der Waals surface area contributed by atoms with Gasteiger partial charge >= 0.3 is 0 Å². The number of aryl methyl sites for hydroxylation is 1. The van der Waals surface area contributed by atoms with Crippen LogP contribution in [0, 0.1) is 5.92 Å². The molecule has 2 aromatic carbocycles. The third kappa shape index (κ3) is 6.75. The zero-order chi connectivity index (χ0) is 35.8. The van der Waals surface area contributed by atoms with Crippen LogP contribution in [0.4, 0.5) is 15.5 Å². The molecule has 6 rings (SSSR count). The summed E-state index contributed by atoms with van der Waals surface area (Å²) in [4.78, 5) is 30.8. The van der Waals surface area contributed by atoms with Crippen molar-refractivity contribution in [3.8, 4) is 0 Å². The highest BCUT2D eigenvalue weighted by Gasteiger charge is 2.66. The van der Waals surface area contributed by atoms with Crippen LogP contribution in [0.25, 0.3) is 0 Å². The summed E-state index contributed by atoms with van der Waals surface area (Å²) in [6, 6.07) is 15.5. The molecule has 2 saturated heterocycles. The number of carbonyl (C=O) groups excluding carboxylic acids is 2. The van der Waals surface area contributed by atoms with Crippen molar-refractivity contribution < 1.29 is 23.5 Å². The van der Waals surface area contributed by atoms with Gasteiger partial charge in [0.1, 0.15) is 0 Å². The van der Waals surface area contributed by atoms with Crippen molar-refractivity contribution in [2.24, 2.45) is 5.92 Å². The van der Waals surface area contributed by atoms with Crippen molar-refractivity contribution in [1.29, 1.82) is 0 Å². The Morgan fingerprint density at radius 1 is 1.14 bits per heavy atom. The molecule has 0 aliphatic carbocycles. The van der Waals surface area contributed by atoms with E-state index in [4.69, 9.17) is 4.74 Å². The van der Waals surface area contributed by atoms with Crippen LogP contribution in [0.1, 0.15) is 76.1 Å². The van der Waals surface area contributed by atoms with Gasteiger partial charge in [0.05, 0.1) is 30.0 Å². The Hall–Kier alpha value is -3.93. The molecule has 50 heavy (non-hydrogen) atoms. The van der Waals surface area contributed by atoms with Crippen LogP contribution in [-0.4, -0.2) is 66.1 Å². The van der Waals surface area contributed by atoms with E-state index >= 15 is 4.11 Å². The normalized spacial score (nSPS) is 24.2. The number of halogens is 1. The number of carbonyl (C=O) groups is 2. The van der Waals surface area contributed by atoms with Crippen molar-refractivity contribution in [3.63, 3.8) is 0 Å². The Morgan fingerprint density at radius 2 is 1.90 bits per heavy atom. The number of fused-ring (bicyclic) bond motifs is 2. The summed E-state index contributed by atoms with van der Waals surface area (Å²) in [5.41, 5.74) is 4.43. The van der Waals surface area contributed by atoms with Gasteiger partial charge in [0.15, 0.2) is 5.60 Å². The van der Waals surface area contributed by atoms with Gasteiger partial charge < -0.3 is 23.8 Å². The second kappa shape index (κ2) is 14.4. The maximum Gasteiger partial charge on any atom is 0.264 e. The van der Waals surface area contributed by atoms with Crippen LogP contribution in [0.2, 0.25) is 18.6 Å². The minimum absolute atomic E-state index is 0.0476. The minimum atomic E-state index is -3.38. The molecule has 3 aliphatic heterocycles. The standard InChI is InChI=1S/C39H50FN5O4Si/c1-26(2)11-10-12-27(3)17-21-45-34-16-15-30(44-22-19-36(44)47)23-32(34)39(38(45)48)28(4)37(50(5,6)40)35(49-39)18-20-43-24-33(41-42-43)31(25-46)29-13-8-7-9-14-29/h7-9,11,13-17,23-24,28,31,35,37,46H,10,12,18-22,25H2,1-6H3/b27-17+/t28-,31?,35+,37-,39+/m0/s1. The molecule has 266 valence electrons. The van der Waals surface area contributed by atoms with E-state index in [0.29, 0.717) is 43.7 Å². The molecular formula is C39H50FN5O4Si. The summed E-state index contributed by atoms with van der Waals surface area (Å²) in [5.74, 6) is -0.880. The van der Waals surface area contributed by atoms with Crippen LogP contribution in [0.15, 0.2) is 78.0 Å². The van der Waals surface area contributed by atoms with Crippen molar-refractivity contribution in [1.82, 2.24) is 15.0 Å². The van der Waals surface area contributed by atoms with Crippen LogP contribution >= 0.6 is 0 Å². The van der Waals surface area contributed by atoms with E-state index in [1.807, 2.05) is 61.7 Å². The predicted molar refractivity (Wildman–Crippen MR) is 196 cm³/mol.